The van der Waals surface area contributed by atoms with Gasteiger partial charge in [-0.2, -0.15) is 0 Å². The van der Waals surface area contributed by atoms with Gasteiger partial charge in [0.15, 0.2) is 11.5 Å². The minimum Gasteiger partial charge on any atom is -0.493 e. The van der Waals surface area contributed by atoms with Gasteiger partial charge in [-0.05, 0) is 24.1 Å². The summed E-state index contributed by atoms with van der Waals surface area (Å²) < 4.78 is 10.5. The lowest BCUT2D eigenvalue weighted by molar-refractivity contribution is 0.354. The highest BCUT2D eigenvalue weighted by atomic mass is 16.5. The molecule has 0 amide bonds. The van der Waals surface area contributed by atoms with Crippen molar-refractivity contribution in [3.05, 3.63) is 23.8 Å². The Kier molecular flexibility index (Phi) is 5.84. The first-order valence-corrected chi connectivity index (χ1v) is 6.20. The fraction of sp³-hybridized carbons (Fsp3) is 0.571. The van der Waals surface area contributed by atoms with E-state index in [-0.39, 0.29) is 6.04 Å². The molecule has 96 valence electrons. The van der Waals surface area contributed by atoms with Gasteiger partial charge in [-0.15, -0.1) is 0 Å². The van der Waals surface area contributed by atoms with Gasteiger partial charge in [-0.3, -0.25) is 0 Å². The van der Waals surface area contributed by atoms with E-state index in [1.807, 2.05) is 18.2 Å². The lowest BCUT2D eigenvalue weighted by Crippen LogP contribution is -2.10. The molecule has 3 heteroatoms. The van der Waals surface area contributed by atoms with Crippen molar-refractivity contribution in [1.82, 2.24) is 0 Å². The van der Waals surface area contributed by atoms with E-state index in [1.165, 1.54) is 19.3 Å². The van der Waals surface area contributed by atoms with Gasteiger partial charge in [0.25, 0.3) is 0 Å². The molecule has 3 nitrogen and oxygen atoms in total. The summed E-state index contributed by atoms with van der Waals surface area (Å²) in [4.78, 5) is 0. The number of nitrogens with two attached hydrogens (primary N) is 1. The number of hydrogen-bond donors (Lipinski definition) is 1. The predicted molar refractivity (Wildman–Crippen MR) is 70.6 cm³/mol. The maximum Gasteiger partial charge on any atom is 0.161 e. The molecule has 1 aromatic rings. The normalized spacial score (nSPS) is 12.2. The Morgan fingerprint density at radius 2 is 1.82 bits per heavy atom. The summed E-state index contributed by atoms with van der Waals surface area (Å²) in [7, 11) is 3.28. The molecule has 0 radical (unpaired) electrons. The smallest absolute Gasteiger partial charge is 0.161 e. The van der Waals surface area contributed by atoms with Gasteiger partial charge in [0.05, 0.1) is 14.2 Å². The lowest BCUT2D eigenvalue weighted by atomic mass is 10.0. The zero-order valence-corrected chi connectivity index (χ0v) is 11.0. The second kappa shape index (κ2) is 7.17. The van der Waals surface area contributed by atoms with Gasteiger partial charge in [-0.25, -0.2) is 0 Å². The van der Waals surface area contributed by atoms with Gasteiger partial charge in [0.1, 0.15) is 0 Å². The summed E-state index contributed by atoms with van der Waals surface area (Å²) in [6.07, 6.45) is 4.65. The highest BCUT2D eigenvalue weighted by Gasteiger charge is 2.10. The first-order chi connectivity index (χ1) is 8.22. The molecule has 0 aliphatic carbocycles. The topological polar surface area (TPSA) is 44.5 Å². The van der Waals surface area contributed by atoms with Crippen LogP contribution >= 0.6 is 0 Å². The van der Waals surface area contributed by atoms with Gasteiger partial charge in [-0.1, -0.05) is 32.3 Å². The minimum atomic E-state index is 0.0846. The zero-order valence-electron chi connectivity index (χ0n) is 11.0. The molecule has 1 aromatic carbocycles. The fourth-order valence-corrected chi connectivity index (χ4v) is 1.86. The summed E-state index contributed by atoms with van der Waals surface area (Å²) in [5.41, 5.74) is 7.26. The number of unbranched alkanes of at least 4 members (excludes halogenated alkanes) is 2. The molecule has 0 fully saturated rings. The number of rotatable bonds is 7. The molecule has 1 rings (SSSR count). The molecule has 1 atom stereocenters. The van der Waals surface area contributed by atoms with Crippen molar-refractivity contribution in [1.29, 1.82) is 0 Å². The third-order valence-corrected chi connectivity index (χ3v) is 2.95. The van der Waals surface area contributed by atoms with Gasteiger partial charge in [0, 0.05) is 6.04 Å². The lowest BCUT2D eigenvalue weighted by Gasteiger charge is -2.14. The van der Waals surface area contributed by atoms with Crippen LogP contribution in [0.5, 0.6) is 11.5 Å². The molecule has 0 unspecified atom stereocenters. The number of benzene rings is 1. The highest BCUT2D eigenvalue weighted by Crippen LogP contribution is 2.30. The monoisotopic (exact) mass is 237 g/mol. The molecule has 0 bridgehead atoms. The molecule has 0 saturated carbocycles. The van der Waals surface area contributed by atoms with E-state index in [1.54, 1.807) is 14.2 Å². The Hall–Kier alpha value is -1.22. The molecule has 0 aliphatic rings. The van der Waals surface area contributed by atoms with E-state index in [2.05, 4.69) is 6.92 Å². The van der Waals surface area contributed by atoms with Crippen molar-refractivity contribution < 1.29 is 9.47 Å². The third kappa shape index (κ3) is 3.93. The van der Waals surface area contributed by atoms with Crippen LogP contribution in [-0.2, 0) is 0 Å². The summed E-state index contributed by atoms with van der Waals surface area (Å²) in [5, 5.41) is 0. The second-order valence-corrected chi connectivity index (χ2v) is 4.22. The summed E-state index contributed by atoms with van der Waals surface area (Å²) in [6, 6.07) is 5.97. The van der Waals surface area contributed by atoms with Crippen molar-refractivity contribution >= 4 is 0 Å². The van der Waals surface area contributed by atoms with Crippen LogP contribution in [0.3, 0.4) is 0 Å². The van der Waals surface area contributed by atoms with Crippen LogP contribution in [-0.4, -0.2) is 14.2 Å². The Labute approximate surface area is 104 Å². The zero-order chi connectivity index (χ0) is 12.7. The van der Waals surface area contributed by atoms with Crippen molar-refractivity contribution in [3.8, 4) is 11.5 Å². The molecule has 0 spiro atoms. The molecule has 2 N–H and O–H groups in total. The molecule has 0 aromatic heterocycles. The summed E-state index contributed by atoms with van der Waals surface area (Å²) in [5.74, 6) is 1.49. The largest absolute Gasteiger partial charge is 0.493 e. The number of hydrogen-bond acceptors (Lipinski definition) is 3. The van der Waals surface area contributed by atoms with Crippen LogP contribution in [0.2, 0.25) is 0 Å². The molecule has 0 saturated heterocycles. The van der Waals surface area contributed by atoms with Crippen LogP contribution in [0.25, 0.3) is 0 Å². The quantitative estimate of drug-likeness (QED) is 0.740. The van der Waals surface area contributed by atoms with Crippen molar-refractivity contribution in [2.24, 2.45) is 5.73 Å². The Morgan fingerprint density at radius 1 is 1.12 bits per heavy atom. The van der Waals surface area contributed by atoms with E-state index in [9.17, 15) is 0 Å². The molecule has 0 aliphatic heterocycles. The molecule has 17 heavy (non-hydrogen) atoms. The summed E-state index contributed by atoms with van der Waals surface area (Å²) in [6.45, 7) is 2.20. The van der Waals surface area contributed by atoms with E-state index < -0.39 is 0 Å². The standard InChI is InChI=1S/C14H23NO2/c1-4-5-6-7-12(15)11-8-9-13(16-2)14(10-11)17-3/h8-10,12H,4-7,15H2,1-3H3/t12-/m0/s1. The van der Waals surface area contributed by atoms with Crippen molar-refractivity contribution in [2.45, 2.75) is 38.6 Å². The van der Waals surface area contributed by atoms with Crippen molar-refractivity contribution in [2.75, 3.05) is 14.2 Å². The maximum absolute atomic E-state index is 6.15. The first kappa shape index (κ1) is 13.8. The minimum absolute atomic E-state index is 0.0846. The first-order valence-electron chi connectivity index (χ1n) is 6.20. The molecular weight excluding hydrogens is 214 g/mol. The SMILES string of the molecule is CCCCC[C@H](N)c1ccc(OC)c(OC)c1. The van der Waals surface area contributed by atoms with E-state index >= 15 is 0 Å². The van der Waals surface area contributed by atoms with Crippen LogP contribution < -0.4 is 15.2 Å². The van der Waals surface area contributed by atoms with Gasteiger partial charge in [0.2, 0.25) is 0 Å². The van der Waals surface area contributed by atoms with Crippen molar-refractivity contribution in [3.63, 3.8) is 0 Å². The Bertz CT molecular complexity index is 339. The van der Waals surface area contributed by atoms with Crippen LogP contribution in [0.1, 0.15) is 44.2 Å². The number of methoxy groups -OCH3 is 2. The predicted octanol–water partition coefficient (Wildman–Crippen LogP) is 3.28. The Morgan fingerprint density at radius 3 is 2.41 bits per heavy atom. The molecular formula is C14H23NO2. The average Bonchev–Trinajstić information content (AvgIpc) is 2.38. The van der Waals surface area contributed by atoms with E-state index in [4.69, 9.17) is 15.2 Å². The van der Waals surface area contributed by atoms with Crippen LogP contribution in [0.15, 0.2) is 18.2 Å². The van der Waals surface area contributed by atoms with Gasteiger partial charge < -0.3 is 15.2 Å². The van der Waals surface area contributed by atoms with Crippen LogP contribution in [0, 0.1) is 0 Å². The maximum atomic E-state index is 6.15. The Balaban J connectivity index is 2.70. The van der Waals surface area contributed by atoms with Crippen LogP contribution in [0.4, 0.5) is 0 Å². The van der Waals surface area contributed by atoms with E-state index in [0.29, 0.717) is 0 Å². The number of ether oxygens (including phenoxy) is 2. The summed E-state index contributed by atoms with van der Waals surface area (Å²) >= 11 is 0. The van der Waals surface area contributed by atoms with E-state index in [0.717, 1.165) is 23.5 Å². The highest BCUT2D eigenvalue weighted by molar-refractivity contribution is 5.43. The van der Waals surface area contributed by atoms with Gasteiger partial charge >= 0.3 is 0 Å². The molecule has 0 heterocycles. The third-order valence-electron chi connectivity index (χ3n) is 2.95. The fourth-order valence-electron chi connectivity index (χ4n) is 1.86. The second-order valence-electron chi connectivity index (χ2n) is 4.22. The average molecular weight is 237 g/mol.